The number of nitrogens with zero attached hydrogens (tertiary/aromatic N) is 2. The third-order valence-corrected chi connectivity index (χ3v) is 11.6. The van der Waals surface area contributed by atoms with Crippen molar-refractivity contribution >= 4 is 33.8 Å². The normalized spacial score (nSPS) is 28.8. The van der Waals surface area contributed by atoms with E-state index in [1.165, 1.54) is 24.0 Å². The van der Waals surface area contributed by atoms with E-state index >= 15 is 0 Å². The van der Waals surface area contributed by atoms with Gasteiger partial charge >= 0.3 is 0 Å². The van der Waals surface area contributed by atoms with E-state index in [1.807, 2.05) is 18.2 Å². The largest absolute Gasteiger partial charge is 0.491 e. The summed E-state index contributed by atoms with van der Waals surface area (Å²) in [7, 11) is -1.59. The van der Waals surface area contributed by atoms with Crippen LogP contribution in [0.2, 0.25) is 5.02 Å². The minimum Gasteiger partial charge on any atom is -0.491 e. The number of amides is 1. The van der Waals surface area contributed by atoms with Crippen LogP contribution in [0.5, 0.6) is 5.75 Å². The summed E-state index contributed by atoms with van der Waals surface area (Å²) in [4.78, 5) is 15.7. The van der Waals surface area contributed by atoms with E-state index < -0.39 is 16.5 Å². The van der Waals surface area contributed by atoms with Crippen molar-refractivity contribution in [1.29, 1.82) is 0 Å². The summed E-state index contributed by atoms with van der Waals surface area (Å²) in [6.07, 6.45) is 14.3. The van der Waals surface area contributed by atoms with Crippen molar-refractivity contribution in [2.24, 2.45) is 34.0 Å². The van der Waals surface area contributed by atoms with E-state index in [-0.39, 0.29) is 12.0 Å². The number of benzene rings is 2. The number of hydrogen-bond donors (Lipinski definition) is 0. The Kier molecular flexibility index (Phi) is 10.9. The molecule has 2 aliphatic heterocycles. The van der Waals surface area contributed by atoms with Crippen molar-refractivity contribution < 1.29 is 18.5 Å². The Labute approximate surface area is 276 Å². The molecule has 4 aliphatic rings. The van der Waals surface area contributed by atoms with Gasteiger partial charge in [-0.05, 0) is 110 Å². The summed E-state index contributed by atoms with van der Waals surface area (Å²) in [5.74, 6) is 2.92. The molecule has 1 unspecified atom stereocenters. The second-order valence-electron chi connectivity index (χ2n) is 13.9. The molecule has 2 aliphatic carbocycles. The van der Waals surface area contributed by atoms with Crippen molar-refractivity contribution in [3.8, 4) is 5.75 Å². The Morgan fingerprint density at radius 3 is 2.71 bits per heavy atom. The van der Waals surface area contributed by atoms with Crippen LogP contribution < -0.4 is 9.64 Å². The summed E-state index contributed by atoms with van der Waals surface area (Å²) < 4.78 is 30.2. The Morgan fingerprint density at radius 1 is 1.07 bits per heavy atom. The highest BCUT2D eigenvalue weighted by atomic mass is 35.5. The highest BCUT2D eigenvalue weighted by molar-refractivity contribution is 7.75. The van der Waals surface area contributed by atoms with E-state index in [1.54, 1.807) is 6.07 Å². The van der Waals surface area contributed by atoms with Gasteiger partial charge in [0.05, 0.1) is 25.0 Å². The molecule has 0 N–H and O–H groups in total. The number of anilines is 1. The number of rotatable bonds is 5. The summed E-state index contributed by atoms with van der Waals surface area (Å²) >= 11 is 6.57. The van der Waals surface area contributed by atoms with Gasteiger partial charge in [0.2, 0.25) is 0 Å². The monoisotopic (exact) mass is 651 g/mol. The highest BCUT2D eigenvalue weighted by Crippen LogP contribution is 2.43. The number of allylic oxidation sites excluding steroid dienone is 1. The lowest BCUT2D eigenvalue weighted by Gasteiger charge is -2.44. The van der Waals surface area contributed by atoms with Gasteiger partial charge in [0.25, 0.3) is 5.91 Å². The third kappa shape index (κ3) is 8.52. The highest BCUT2D eigenvalue weighted by Gasteiger charge is 2.39. The molecule has 1 amide bonds. The van der Waals surface area contributed by atoms with Gasteiger partial charge < -0.3 is 22.9 Å². The van der Waals surface area contributed by atoms with Crippen LogP contribution in [0.3, 0.4) is 0 Å². The van der Waals surface area contributed by atoms with E-state index in [9.17, 15) is 9.00 Å². The van der Waals surface area contributed by atoms with Crippen molar-refractivity contribution in [2.45, 2.75) is 84.3 Å². The Hall–Kier alpha value is -2.35. The lowest BCUT2D eigenvalue weighted by Crippen LogP contribution is -2.44. The van der Waals surface area contributed by atoms with Crippen LogP contribution in [-0.4, -0.2) is 37.5 Å². The molecule has 2 bridgehead atoms. The predicted octanol–water partition coefficient (Wildman–Crippen LogP) is 8.79. The third-order valence-electron chi connectivity index (χ3n) is 10.1. The van der Waals surface area contributed by atoms with Gasteiger partial charge in [0.1, 0.15) is 5.75 Å². The van der Waals surface area contributed by atoms with Gasteiger partial charge in [0.15, 0.2) is 0 Å². The van der Waals surface area contributed by atoms with Crippen LogP contribution in [0.25, 0.3) is 0 Å². The first-order valence-corrected chi connectivity index (χ1v) is 18.7. The minimum atomic E-state index is -1.59. The van der Waals surface area contributed by atoms with Crippen LogP contribution in [0.1, 0.15) is 86.7 Å². The number of carbonyl (C=O) groups excluding carboxylic acids is 1. The zero-order valence-corrected chi connectivity index (χ0v) is 28.4. The maximum atomic E-state index is 13.3. The van der Waals surface area contributed by atoms with E-state index in [0.29, 0.717) is 48.1 Å². The molecule has 45 heavy (non-hydrogen) atoms. The van der Waals surface area contributed by atoms with E-state index in [2.05, 4.69) is 47.4 Å². The number of ether oxygens (including phenoxy) is 2. The Morgan fingerprint density at radius 2 is 1.93 bits per heavy atom. The molecule has 0 radical (unpaired) electrons. The van der Waals surface area contributed by atoms with Crippen LogP contribution in [0, 0.1) is 29.6 Å². The fraction of sp³-hybridized carbons (Fsp3) is 0.595. The topological polar surface area (TPSA) is 68.2 Å². The molecule has 2 saturated carbocycles. The maximum absolute atomic E-state index is 13.3. The average molecular weight is 652 g/mol. The molecular formula is C37H48ClN2O4S-. The summed E-state index contributed by atoms with van der Waals surface area (Å²) in [5.41, 5.74) is 3.90. The smallest absolute Gasteiger partial charge is 0.254 e. The number of carbonyl (C=O) groups is 1. The first kappa shape index (κ1) is 32.6. The summed E-state index contributed by atoms with van der Waals surface area (Å²) in [5, 5.41) is 0.766. The molecular weight excluding hydrogens is 604 g/mol. The molecule has 0 saturated heterocycles. The van der Waals surface area contributed by atoms with Gasteiger partial charge in [0, 0.05) is 23.7 Å². The van der Waals surface area contributed by atoms with Crippen LogP contribution in [0.4, 0.5) is 5.69 Å². The SMILES string of the molecule is CCCC1CCOc2ccc3cc2N(Cc2ccc(Cl)cc2C1)C[C@@H]1CC[C@H]1[C@@H](OCC1CC1)/C=C/C[C@H](C)C[S-](=O)=NC3=O. The van der Waals surface area contributed by atoms with Gasteiger partial charge in [-0.15, -0.1) is 0 Å². The number of fused-ring (bicyclic) bond motifs is 3. The predicted molar refractivity (Wildman–Crippen MR) is 182 cm³/mol. The second-order valence-corrected chi connectivity index (χ2v) is 15.5. The maximum Gasteiger partial charge on any atom is 0.254 e. The molecule has 8 heteroatoms. The molecule has 6 nitrogen and oxygen atoms in total. The van der Waals surface area contributed by atoms with Crippen LogP contribution in [-0.2, 0) is 32.5 Å². The molecule has 2 aromatic rings. The lowest BCUT2D eigenvalue weighted by atomic mass is 9.70. The zero-order chi connectivity index (χ0) is 31.3. The standard InChI is InChI=1S/C37H48ClN2O4S/c1-3-5-26-16-17-43-36-15-12-28-20-34(36)40(21-29-10-13-32(38)19-31(29)18-26)22-30-11-14-33(30)35(44-23-27-8-9-27)7-4-6-25(2)24-45(42)39-37(28)41/h4,7,10,12-13,15,19-20,25-27,30,33,35H,3,5-6,8-9,11,14,16-18,21-24H2,1-2H3/q-1/b7-4+/t25-,26?,30-,33+,35-/m0/s1. The molecule has 0 spiro atoms. The quantitative estimate of drug-likeness (QED) is 0.239. The van der Waals surface area contributed by atoms with Gasteiger partial charge in [-0.2, -0.15) is 10.6 Å². The van der Waals surface area contributed by atoms with Crippen molar-refractivity contribution in [1.82, 2.24) is 0 Å². The molecule has 244 valence electrons. The summed E-state index contributed by atoms with van der Waals surface area (Å²) in [6.45, 7) is 7.27. The van der Waals surface area contributed by atoms with Crippen molar-refractivity contribution in [3.05, 3.63) is 70.3 Å². The molecule has 5 atom stereocenters. The zero-order valence-electron chi connectivity index (χ0n) is 26.8. The minimum absolute atomic E-state index is 0.0769. The van der Waals surface area contributed by atoms with E-state index in [4.69, 9.17) is 21.1 Å². The first-order valence-electron chi connectivity index (χ1n) is 17.1. The van der Waals surface area contributed by atoms with Crippen molar-refractivity contribution in [2.75, 3.05) is 30.4 Å². The fourth-order valence-electron chi connectivity index (χ4n) is 7.14. The van der Waals surface area contributed by atoms with Crippen LogP contribution >= 0.6 is 11.6 Å². The van der Waals surface area contributed by atoms with Gasteiger partial charge in [-0.3, -0.25) is 4.79 Å². The Balaban J connectivity index is 1.41. The lowest BCUT2D eigenvalue weighted by molar-refractivity contribution is -0.0181. The fourth-order valence-corrected chi connectivity index (χ4v) is 8.33. The number of halogens is 1. The molecule has 2 aromatic carbocycles. The number of hydrogen-bond acceptors (Lipinski definition) is 6. The molecule has 2 fully saturated rings. The van der Waals surface area contributed by atoms with Crippen molar-refractivity contribution in [3.63, 3.8) is 0 Å². The second kappa shape index (κ2) is 15.0. The average Bonchev–Trinajstić information content (AvgIpc) is 3.82. The van der Waals surface area contributed by atoms with E-state index in [0.717, 1.165) is 74.6 Å². The Bertz CT molecular complexity index is 1470. The van der Waals surface area contributed by atoms with Crippen LogP contribution in [0.15, 0.2) is 52.9 Å². The van der Waals surface area contributed by atoms with Gasteiger partial charge in [-0.25, -0.2) is 0 Å². The molecule has 0 aromatic heterocycles. The molecule has 2 heterocycles. The summed E-state index contributed by atoms with van der Waals surface area (Å²) in [6, 6.07) is 11.9. The van der Waals surface area contributed by atoms with Gasteiger partial charge in [-0.1, -0.05) is 68.2 Å². The molecule has 6 rings (SSSR count). The first-order chi connectivity index (χ1) is 21.9.